The van der Waals surface area contributed by atoms with E-state index in [2.05, 4.69) is 36.0 Å². The Morgan fingerprint density at radius 3 is 1.48 bits per heavy atom. The minimum atomic E-state index is -4.92. The Labute approximate surface area is 340 Å². The summed E-state index contributed by atoms with van der Waals surface area (Å²) in [6.07, 6.45) is 0. The quantitative estimate of drug-likeness (QED) is 0.0476. The molecular formula is C40H33N7O12S. The predicted molar refractivity (Wildman–Crippen MR) is 217 cm³/mol. The molecule has 0 saturated carbocycles. The monoisotopic (exact) mass is 835 g/mol. The first-order chi connectivity index (χ1) is 28.7. The Morgan fingerprint density at radius 1 is 0.567 bits per heavy atom. The van der Waals surface area contributed by atoms with Gasteiger partial charge in [0.15, 0.2) is 5.75 Å². The predicted octanol–water partition coefficient (Wildman–Crippen LogP) is 10.2. The van der Waals surface area contributed by atoms with Crippen LogP contribution in [0.1, 0.15) is 20.7 Å². The van der Waals surface area contributed by atoms with Gasteiger partial charge in [0.2, 0.25) is 0 Å². The van der Waals surface area contributed by atoms with Gasteiger partial charge in [0.05, 0.1) is 45.3 Å². The summed E-state index contributed by atoms with van der Waals surface area (Å²) in [4.78, 5) is 22.3. The second-order valence-corrected chi connectivity index (χ2v) is 13.7. The van der Waals surface area contributed by atoms with Gasteiger partial charge in [-0.25, -0.2) is 9.59 Å². The Hall–Kier alpha value is -7.97. The molecule has 0 heterocycles. The van der Waals surface area contributed by atoms with Crippen LogP contribution in [0.25, 0.3) is 10.8 Å². The van der Waals surface area contributed by atoms with Gasteiger partial charge >= 0.3 is 11.9 Å². The van der Waals surface area contributed by atoms with Crippen LogP contribution in [-0.4, -0.2) is 68.7 Å². The summed E-state index contributed by atoms with van der Waals surface area (Å²) in [6.45, 7) is 0. The highest BCUT2D eigenvalue weighted by atomic mass is 32.2. The summed E-state index contributed by atoms with van der Waals surface area (Å²) in [6, 6.07) is 24.2. The van der Waals surface area contributed by atoms with Crippen molar-refractivity contribution in [2.75, 3.05) is 33.8 Å². The molecule has 19 nitrogen and oxygen atoms in total. The van der Waals surface area contributed by atoms with E-state index in [1.807, 2.05) is 30.3 Å². The second kappa shape index (κ2) is 17.7. The molecule has 0 saturated heterocycles. The van der Waals surface area contributed by atoms with Crippen LogP contribution in [0.15, 0.2) is 133 Å². The first-order valence-electron chi connectivity index (χ1n) is 17.2. The number of methoxy groups -OCH3 is 4. The lowest BCUT2D eigenvalue weighted by atomic mass is 10.1. The van der Waals surface area contributed by atoms with Crippen molar-refractivity contribution in [3.8, 4) is 28.7 Å². The number of fused-ring (bicyclic) bond motifs is 1. The van der Waals surface area contributed by atoms with Crippen molar-refractivity contribution < 1.29 is 56.8 Å². The van der Waals surface area contributed by atoms with Crippen LogP contribution in [-0.2, 0) is 10.1 Å². The lowest BCUT2D eigenvalue weighted by Gasteiger charge is -2.12. The SMILES string of the molecule is COc1cc(N=Nc2cc(OC)c(N=Nc3c(S(=O)(=O)O)cc4cc(Nc5ccccc5)ccc4c3O)cc2OC)c(OC)cc1N=Nc1cc(C(=O)O)cc(C(=O)O)c1. The van der Waals surface area contributed by atoms with Crippen LogP contribution in [0.2, 0.25) is 0 Å². The molecule has 0 bridgehead atoms. The number of carbonyl (C=O) groups is 2. The molecule has 0 radical (unpaired) electrons. The van der Waals surface area contributed by atoms with E-state index in [-0.39, 0.29) is 67.9 Å². The molecule has 0 aliphatic rings. The first-order valence-corrected chi connectivity index (χ1v) is 18.6. The van der Waals surface area contributed by atoms with Crippen molar-refractivity contribution in [2.45, 2.75) is 4.90 Å². The zero-order chi connectivity index (χ0) is 43.1. The Kier molecular flexibility index (Phi) is 12.3. The number of azo groups is 3. The average Bonchev–Trinajstić information content (AvgIpc) is 3.24. The summed E-state index contributed by atoms with van der Waals surface area (Å²) >= 11 is 0. The van der Waals surface area contributed by atoms with E-state index in [1.165, 1.54) is 58.8 Å². The highest BCUT2D eigenvalue weighted by Crippen LogP contribution is 2.46. The molecule has 6 rings (SSSR count). The molecule has 6 aromatic carbocycles. The van der Waals surface area contributed by atoms with Crippen molar-refractivity contribution in [3.05, 3.63) is 108 Å². The molecule has 0 unspecified atom stereocenters. The molecule has 5 N–H and O–H groups in total. The molecule has 0 fully saturated rings. The molecule has 60 heavy (non-hydrogen) atoms. The molecule has 6 aromatic rings. The summed E-state index contributed by atoms with van der Waals surface area (Å²) < 4.78 is 57.2. The van der Waals surface area contributed by atoms with E-state index in [4.69, 9.17) is 18.9 Å². The number of nitrogens with zero attached hydrogens (tertiary/aromatic N) is 6. The zero-order valence-corrected chi connectivity index (χ0v) is 32.7. The van der Waals surface area contributed by atoms with Crippen LogP contribution in [0.5, 0.6) is 28.7 Å². The number of phenolic OH excluding ortho intramolecular Hbond substituents is 1. The second-order valence-electron chi connectivity index (χ2n) is 12.3. The molecular weight excluding hydrogens is 803 g/mol. The fourth-order valence-corrected chi connectivity index (χ4v) is 6.35. The number of carboxylic acids is 2. The summed E-state index contributed by atoms with van der Waals surface area (Å²) in [5.74, 6) is -2.75. The number of hydrogen-bond acceptors (Lipinski definition) is 16. The van der Waals surface area contributed by atoms with Crippen LogP contribution in [0.3, 0.4) is 0 Å². The van der Waals surface area contributed by atoms with Crippen molar-refractivity contribution in [3.63, 3.8) is 0 Å². The molecule has 20 heteroatoms. The maximum atomic E-state index is 12.6. The third kappa shape index (κ3) is 9.25. The molecule has 0 aliphatic heterocycles. The van der Waals surface area contributed by atoms with Gasteiger partial charge in [-0.15, -0.1) is 25.6 Å². The topological polar surface area (TPSA) is 272 Å². The minimum Gasteiger partial charge on any atom is -0.505 e. The van der Waals surface area contributed by atoms with Gasteiger partial charge in [0.1, 0.15) is 56.3 Å². The number of nitrogens with one attached hydrogen (secondary N) is 1. The lowest BCUT2D eigenvalue weighted by molar-refractivity contribution is 0.0696. The van der Waals surface area contributed by atoms with E-state index < -0.39 is 38.4 Å². The van der Waals surface area contributed by atoms with Crippen molar-refractivity contribution >= 4 is 78.3 Å². The number of anilines is 2. The summed E-state index contributed by atoms with van der Waals surface area (Å²) in [5.41, 5.74) is 0.650. The average molecular weight is 836 g/mol. The number of ether oxygens (including phenoxy) is 4. The van der Waals surface area contributed by atoms with Crippen LogP contribution in [0.4, 0.5) is 45.5 Å². The van der Waals surface area contributed by atoms with Gasteiger partial charge in [-0.05, 0) is 60.0 Å². The first kappa shape index (κ1) is 41.7. The van der Waals surface area contributed by atoms with Gasteiger partial charge < -0.3 is 39.6 Å². The highest BCUT2D eigenvalue weighted by Gasteiger charge is 2.23. The van der Waals surface area contributed by atoms with E-state index in [0.717, 1.165) is 23.9 Å². The van der Waals surface area contributed by atoms with Gasteiger partial charge in [-0.2, -0.15) is 13.5 Å². The van der Waals surface area contributed by atoms with E-state index in [1.54, 1.807) is 18.2 Å². The van der Waals surface area contributed by atoms with Crippen LogP contribution in [0, 0.1) is 0 Å². The lowest BCUT2D eigenvalue weighted by Crippen LogP contribution is -2.01. The van der Waals surface area contributed by atoms with Gasteiger partial charge in [0, 0.05) is 41.0 Å². The fourth-order valence-electron chi connectivity index (χ4n) is 5.69. The molecule has 0 aromatic heterocycles. The molecule has 0 spiro atoms. The van der Waals surface area contributed by atoms with E-state index in [0.29, 0.717) is 11.1 Å². The Bertz CT molecular complexity index is 2820. The van der Waals surface area contributed by atoms with Gasteiger partial charge in [0.25, 0.3) is 10.1 Å². The van der Waals surface area contributed by atoms with E-state index >= 15 is 0 Å². The van der Waals surface area contributed by atoms with Gasteiger partial charge in [-0.3, -0.25) is 4.55 Å². The number of rotatable bonds is 15. The zero-order valence-electron chi connectivity index (χ0n) is 31.9. The third-order valence-corrected chi connectivity index (χ3v) is 9.43. The number of aromatic carboxylic acids is 2. The highest BCUT2D eigenvalue weighted by molar-refractivity contribution is 7.86. The Balaban J connectivity index is 1.32. The fraction of sp³-hybridized carbons (Fsp3) is 0.100. The number of para-hydroxylation sites is 1. The molecule has 0 aliphatic carbocycles. The number of carboxylic acid groups (broad SMARTS) is 2. The number of hydrogen-bond donors (Lipinski definition) is 5. The summed E-state index contributed by atoms with van der Waals surface area (Å²) in [7, 11) is 0.485. The molecule has 306 valence electrons. The van der Waals surface area contributed by atoms with Gasteiger partial charge in [-0.1, -0.05) is 18.2 Å². The third-order valence-electron chi connectivity index (χ3n) is 8.56. The normalized spacial score (nSPS) is 11.7. The number of benzene rings is 6. The maximum Gasteiger partial charge on any atom is 0.335 e. The minimum absolute atomic E-state index is 0.0230. The molecule has 0 atom stereocenters. The van der Waals surface area contributed by atoms with Crippen molar-refractivity contribution in [2.24, 2.45) is 30.7 Å². The standard InChI is InChI=1S/C40H33N7O12S/c1-56-32-18-29(33(57-2)17-28(32)43-42-26-14-22(39(49)50)12-23(15-26)40(51)52)44-45-30-19-35(59-4)31(20-34(30)58-3)46-47-37-36(60(53,54)55)16-21-13-25(10-11-27(21)38(37)48)41-24-8-6-5-7-9-24/h5-20,41,48H,1-4H3,(H,49,50)(H,51,52)(H,53,54,55). The molecule has 0 amide bonds. The van der Waals surface area contributed by atoms with Crippen LogP contribution >= 0.6 is 0 Å². The largest absolute Gasteiger partial charge is 0.505 e. The van der Waals surface area contributed by atoms with E-state index in [9.17, 15) is 37.9 Å². The maximum absolute atomic E-state index is 12.6. The number of phenols is 1. The van der Waals surface area contributed by atoms with Crippen molar-refractivity contribution in [1.29, 1.82) is 0 Å². The summed E-state index contributed by atoms with van der Waals surface area (Å²) in [5, 5.41) is 58.6. The van der Waals surface area contributed by atoms with Crippen molar-refractivity contribution in [1.82, 2.24) is 0 Å². The van der Waals surface area contributed by atoms with Crippen LogP contribution < -0.4 is 24.3 Å². The smallest absolute Gasteiger partial charge is 0.335 e. The number of aromatic hydroxyl groups is 1. The Morgan fingerprint density at radius 2 is 1.03 bits per heavy atom.